The van der Waals surface area contributed by atoms with E-state index in [0.717, 1.165) is 43.2 Å². The molecule has 3 aromatic carbocycles. The Kier molecular flexibility index (Phi) is 6.12. The van der Waals surface area contributed by atoms with Crippen molar-refractivity contribution in [2.24, 2.45) is 0 Å². The monoisotopic (exact) mass is 344 g/mol. The summed E-state index contributed by atoms with van der Waals surface area (Å²) in [6.45, 7) is 4.39. The lowest BCUT2D eigenvalue weighted by Gasteiger charge is -2.19. The van der Waals surface area contributed by atoms with Crippen LogP contribution in [0.4, 0.5) is 0 Å². The molecule has 0 radical (unpaired) electrons. The minimum atomic E-state index is 0.499. The third-order valence-electron chi connectivity index (χ3n) is 5.05. The molecule has 0 aliphatic rings. The van der Waals surface area contributed by atoms with Gasteiger partial charge in [-0.05, 0) is 58.7 Å². The predicted molar refractivity (Wildman–Crippen MR) is 111 cm³/mol. The summed E-state index contributed by atoms with van der Waals surface area (Å²) in [5, 5.41) is 11.1. The van der Waals surface area contributed by atoms with Crippen molar-refractivity contribution in [1.82, 2.24) is 0 Å². The summed E-state index contributed by atoms with van der Waals surface area (Å²) in [4.78, 5) is 0. The summed E-state index contributed by atoms with van der Waals surface area (Å²) in [5.74, 6) is 0.499. The van der Waals surface area contributed by atoms with Crippen LogP contribution in [0.15, 0.2) is 66.7 Å². The highest BCUT2D eigenvalue weighted by molar-refractivity contribution is 5.72. The fraction of sp³-hybridized carbons (Fsp3) is 0.280. The van der Waals surface area contributed by atoms with Crippen molar-refractivity contribution >= 4 is 0 Å². The second-order valence-electron chi connectivity index (χ2n) is 6.87. The molecule has 0 saturated carbocycles. The quantitative estimate of drug-likeness (QED) is 0.515. The van der Waals surface area contributed by atoms with Crippen molar-refractivity contribution in [3.05, 3.63) is 89.0 Å². The van der Waals surface area contributed by atoms with Gasteiger partial charge in [-0.2, -0.15) is 0 Å². The van der Waals surface area contributed by atoms with E-state index in [1.54, 1.807) is 0 Å². The highest BCUT2D eigenvalue weighted by Gasteiger charge is 2.17. The van der Waals surface area contributed by atoms with Crippen LogP contribution in [-0.4, -0.2) is 5.11 Å². The number of rotatable bonds is 7. The Morgan fingerprint density at radius 1 is 0.808 bits per heavy atom. The molecule has 134 valence electrons. The topological polar surface area (TPSA) is 20.2 Å². The second kappa shape index (κ2) is 8.71. The molecule has 0 heterocycles. The van der Waals surface area contributed by atoms with Crippen molar-refractivity contribution in [1.29, 1.82) is 0 Å². The van der Waals surface area contributed by atoms with Gasteiger partial charge >= 0.3 is 0 Å². The van der Waals surface area contributed by atoms with Crippen molar-refractivity contribution in [3.8, 4) is 16.9 Å². The molecule has 0 unspecified atom stereocenters. The fourth-order valence-corrected chi connectivity index (χ4v) is 3.68. The molecular weight excluding hydrogens is 316 g/mol. The van der Waals surface area contributed by atoms with Gasteiger partial charge in [0, 0.05) is 6.42 Å². The molecule has 0 atom stereocenters. The Hall–Kier alpha value is -2.54. The maximum Gasteiger partial charge on any atom is 0.122 e. The molecule has 0 bridgehead atoms. The predicted octanol–water partition coefficient (Wildman–Crippen LogP) is 6.56. The highest BCUT2D eigenvalue weighted by Crippen LogP contribution is 2.37. The molecule has 1 nitrogen and oxygen atoms in total. The van der Waals surface area contributed by atoms with E-state index >= 15 is 0 Å². The largest absolute Gasteiger partial charge is 0.507 e. The average molecular weight is 344 g/mol. The van der Waals surface area contributed by atoms with Gasteiger partial charge in [0.2, 0.25) is 0 Å². The lowest BCUT2D eigenvalue weighted by atomic mass is 9.87. The number of phenols is 1. The van der Waals surface area contributed by atoms with E-state index < -0.39 is 0 Å². The Morgan fingerprint density at radius 3 is 2.08 bits per heavy atom. The summed E-state index contributed by atoms with van der Waals surface area (Å²) in [5.41, 5.74) is 7.19. The van der Waals surface area contributed by atoms with Crippen LogP contribution in [0.5, 0.6) is 5.75 Å². The molecule has 0 saturated heterocycles. The van der Waals surface area contributed by atoms with Gasteiger partial charge in [0.25, 0.3) is 0 Å². The van der Waals surface area contributed by atoms with Crippen LogP contribution in [0.3, 0.4) is 0 Å². The summed E-state index contributed by atoms with van der Waals surface area (Å²) < 4.78 is 0. The van der Waals surface area contributed by atoms with Crippen molar-refractivity contribution in [2.75, 3.05) is 0 Å². The van der Waals surface area contributed by atoms with Gasteiger partial charge in [-0.1, -0.05) is 80.9 Å². The van der Waals surface area contributed by atoms with Crippen LogP contribution < -0.4 is 0 Å². The molecule has 1 heteroatoms. The molecule has 0 amide bonds. The van der Waals surface area contributed by atoms with E-state index in [9.17, 15) is 5.11 Å². The molecule has 0 fully saturated rings. The number of benzene rings is 3. The van der Waals surface area contributed by atoms with Gasteiger partial charge in [0.1, 0.15) is 5.75 Å². The molecule has 0 aliphatic heterocycles. The first kappa shape index (κ1) is 18.3. The molecule has 1 N–H and O–H groups in total. The second-order valence-corrected chi connectivity index (χ2v) is 6.87. The Labute approximate surface area is 157 Å². The van der Waals surface area contributed by atoms with Crippen LogP contribution in [0.25, 0.3) is 11.1 Å². The van der Waals surface area contributed by atoms with Gasteiger partial charge in [0.05, 0.1) is 0 Å². The van der Waals surface area contributed by atoms with E-state index in [4.69, 9.17) is 0 Å². The molecule has 0 aliphatic carbocycles. The average Bonchev–Trinajstić information content (AvgIpc) is 2.69. The van der Waals surface area contributed by atoms with E-state index in [2.05, 4.69) is 74.5 Å². The third-order valence-corrected chi connectivity index (χ3v) is 5.05. The molecular formula is C25H28O. The first-order valence-corrected chi connectivity index (χ1v) is 9.70. The zero-order valence-corrected chi connectivity index (χ0v) is 15.8. The van der Waals surface area contributed by atoms with Gasteiger partial charge < -0.3 is 5.11 Å². The molecule has 3 rings (SSSR count). The van der Waals surface area contributed by atoms with Crippen LogP contribution in [0.2, 0.25) is 0 Å². The maximum atomic E-state index is 11.1. The highest BCUT2D eigenvalue weighted by atomic mass is 16.3. The van der Waals surface area contributed by atoms with E-state index in [0.29, 0.717) is 5.75 Å². The molecule has 3 aromatic rings. The van der Waals surface area contributed by atoms with Crippen LogP contribution >= 0.6 is 0 Å². The Bertz CT molecular complexity index is 835. The summed E-state index contributed by atoms with van der Waals surface area (Å²) in [6, 6.07) is 23.2. The number of hydrogen-bond donors (Lipinski definition) is 1. The molecule has 0 spiro atoms. The van der Waals surface area contributed by atoms with Gasteiger partial charge in [0.15, 0.2) is 0 Å². The van der Waals surface area contributed by atoms with Crippen LogP contribution in [0, 0.1) is 0 Å². The number of phenolic OH excluding ortho intramolecular Hbond substituents is 1. The smallest absolute Gasteiger partial charge is 0.122 e. The summed E-state index contributed by atoms with van der Waals surface area (Å²) in [6.07, 6.45) is 4.86. The Morgan fingerprint density at radius 2 is 1.46 bits per heavy atom. The zero-order valence-electron chi connectivity index (χ0n) is 15.8. The lowest BCUT2D eigenvalue weighted by molar-refractivity contribution is 0.460. The van der Waals surface area contributed by atoms with E-state index in [-0.39, 0.29) is 0 Å². The summed E-state index contributed by atoms with van der Waals surface area (Å²) in [7, 11) is 0. The van der Waals surface area contributed by atoms with E-state index in [1.165, 1.54) is 22.3 Å². The first-order chi connectivity index (χ1) is 12.7. The minimum absolute atomic E-state index is 0.499. The van der Waals surface area contributed by atoms with Crippen LogP contribution in [0.1, 0.15) is 48.9 Å². The fourth-order valence-electron chi connectivity index (χ4n) is 3.68. The molecule has 26 heavy (non-hydrogen) atoms. The summed E-state index contributed by atoms with van der Waals surface area (Å²) >= 11 is 0. The maximum absolute atomic E-state index is 11.1. The third kappa shape index (κ3) is 3.99. The van der Waals surface area contributed by atoms with Gasteiger partial charge in [-0.3, -0.25) is 0 Å². The van der Waals surface area contributed by atoms with Crippen LogP contribution in [-0.2, 0) is 19.3 Å². The van der Waals surface area contributed by atoms with E-state index in [1.807, 2.05) is 6.07 Å². The number of hydrogen-bond acceptors (Lipinski definition) is 1. The van der Waals surface area contributed by atoms with Crippen molar-refractivity contribution in [2.45, 2.75) is 46.0 Å². The van der Waals surface area contributed by atoms with Gasteiger partial charge in [-0.15, -0.1) is 0 Å². The Balaban J connectivity index is 2.14. The SMILES string of the molecule is CCCCc1c(O)c(Cc2ccccc2)cc(-c2ccccc2)c1CC. The minimum Gasteiger partial charge on any atom is -0.507 e. The standard InChI is InChI=1S/C25H28O/c1-3-5-16-23-22(4-2)24(20-14-10-7-11-15-20)18-21(25(23)26)17-19-12-8-6-9-13-19/h6-15,18,26H,3-5,16-17H2,1-2H3. The number of aromatic hydroxyl groups is 1. The molecule has 0 aromatic heterocycles. The zero-order chi connectivity index (χ0) is 18.4. The van der Waals surface area contributed by atoms with Crippen molar-refractivity contribution in [3.63, 3.8) is 0 Å². The van der Waals surface area contributed by atoms with Crippen molar-refractivity contribution < 1.29 is 5.11 Å². The lowest BCUT2D eigenvalue weighted by Crippen LogP contribution is -2.02. The first-order valence-electron chi connectivity index (χ1n) is 9.70. The number of unbranched alkanes of at least 4 members (excludes halogenated alkanes) is 1. The van der Waals surface area contributed by atoms with Gasteiger partial charge in [-0.25, -0.2) is 0 Å². The normalized spacial score (nSPS) is 10.8.